The maximum Gasteiger partial charge on any atom is 0.449 e. The minimum Gasteiger partial charge on any atom is -0.396 e. The predicted molar refractivity (Wildman–Crippen MR) is 56.7 cm³/mol. The fourth-order valence-electron chi connectivity index (χ4n) is 1.46. The third-order valence-corrected chi connectivity index (χ3v) is 2.48. The average molecular weight is 257 g/mol. The average Bonchev–Trinajstić information content (AvgIpc) is 2.34. The number of aliphatic hydroxyl groups excluding tert-OH is 1. The Kier molecular flexibility index (Phi) is 4.45. The maximum absolute atomic E-state index is 12.1. The molecule has 0 amide bonds. The number of benzene rings is 1. The van der Waals surface area contributed by atoms with E-state index in [2.05, 4.69) is 0 Å². The van der Waals surface area contributed by atoms with Gasteiger partial charge in [0, 0.05) is 12.3 Å². The van der Waals surface area contributed by atoms with Crippen molar-refractivity contribution in [1.29, 1.82) is 5.26 Å². The zero-order chi connectivity index (χ0) is 13.8. The van der Waals surface area contributed by atoms with Crippen molar-refractivity contribution in [3.63, 3.8) is 0 Å². The minimum atomic E-state index is -4.89. The molecule has 6 heteroatoms. The zero-order valence-corrected chi connectivity index (χ0v) is 9.24. The smallest absolute Gasteiger partial charge is 0.396 e. The summed E-state index contributed by atoms with van der Waals surface area (Å²) in [6.45, 7) is -0.562. The Morgan fingerprint density at radius 3 is 2.28 bits per heavy atom. The van der Waals surface area contributed by atoms with Crippen molar-refractivity contribution < 1.29 is 23.1 Å². The first-order chi connectivity index (χ1) is 8.38. The number of Topliss-reactive ketones (excluding diaryl/α,β-unsaturated/α-hetero) is 1. The molecule has 1 atom stereocenters. The van der Waals surface area contributed by atoms with E-state index in [1.54, 1.807) is 0 Å². The van der Waals surface area contributed by atoms with E-state index in [4.69, 9.17) is 10.4 Å². The molecular weight excluding hydrogens is 247 g/mol. The number of carbonyl (C=O) groups excluding carboxylic acids is 1. The number of halogens is 3. The van der Waals surface area contributed by atoms with Crippen LogP contribution in [0.1, 0.15) is 23.5 Å². The van der Waals surface area contributed by atoms with Crippen molar-refractivity contribution in [3.05, 3.63) is 35.4 Å². The molecule has 1 aromatic rings. The Balaban J connectivity index is 2.84. The van der Waals surface area contributed by atoms with Gasteiger partial charge >= 0.3 is 6.18 Å². The molecule has 0 aliphatic heterocycles. The first-order valence-corrected chi connectivity index (χ1v) is 5.09. The first-order valence-electron chi connectivity index (χ1n) is 5.09. The normalized spacial score (nSPS) is 12.8. The second-order valence-electron chi connectivity index (χ2n) is 3.74. The minimum absolute atomic E-state index is 0.359. The fourth-order valence-corrected chi connectivity index (χ4v) is 1.46. The van der Waals surface area contributed by atoms with Gasteiger partial charge in [0.1, 0.15) is 0 Å². The topological polar surface area (TPSA) is 61.1 Å². The van der Waals surface area contributed by atoms with Gasteiger partial charge in [-0.3, -0.25) is 4.79 Å². The summed E-state index contributed by atoms with van der Waals surface area (Å²) in [7, 11) is 0. The zero-order valence-electron chi connectivity index (χ0n) is 9.24. The Labute approximate surface area is 101 Å². The monoisotopic (exact) mass is 257 g/mol. The largest absolute Gasteiger partial charge is 0.449 e. The first kappa shape index (κ1) is 14.2. The van der Waals surface area contributed by atoms with E-state index >= 15 is 0 Å². The Morgan fingerprint density at radius 2 is 1.89 bits per heavy atom. The number of ketones is 1. The van der Waals surface area contributed by atoms with E-state index in [9.17, 15) is 18.0 Å². The number of alkyl halides is 3. The summed E-state index contributed by atoms with van der Waals surface area (Å²) in [6.07, 6.45) is -5.69. The number of carbonyl (C=O) groups is 1. The molecule has 1 N–H and O–H groups in total. The lowest BCUT2D eigenvalue weighted by molar-refractivity contribution is -0.171. The molecule has 0 spiro atoms. The molecule has 1 rings (SSSR count). The molecule has 3 nitrogen and oxygen atoms in total. The van der Waals surface area contributed by atoms with Crippen molar-refractivity contribution in [2.45, 2.75) is 18.5 Å². The quantitative estimate of drug-likeness (QED) is 0.899. The van der Waals surface area contributed by atoms with E-state index in [1.165, 1.54) is 24.3 Å². The molecule has 0 fully saturated rings. The van der Waals surface area contributed by atoms with Gasteiger partial charge in [-0.1, -0.05) is 12.1 Å². The van der Waals surface area contributed by atoms with Crippen LogP contribution < -0.4 is 0 Å². The highest BCUT2D eigenvalue weighted by molar-refractivity contribution is 5.84. The van der Waals surface area contributed by atoms with Gasteiger partial charge in [0.2, 0.25) is 5.78 Å². The van der Waals surface area contributed by atoms with Crippen LogP contribution in [-0.2, 0) is 4.79 Å². The van der Waals surface area contributed by atoms with Crippen molar-refractivity contribution in [2.24, 2.45) is 0 Å². The van der Waals surface area contributed by atoms with Crippen molar-refractivity contribution in [3.8, 4) is 6.07 Å². The molecule has 0 aliphatic carbocycles. The van der Waals surface area contributed by atoms with Gasteiger partial charge in [-0.05, 0) is 17.7 Å². The van der Waals surface area contributed by atoms with Crippen LogP contribution in [0.4, 0.5) is 13.2 Å². The van der Waals surface area contributed by atoms with Crippen LogP contribution in [0.5, 0.6) is 0 Å². The van der Waals surface area contributed by atoms with Gasteiger partial charge in [0.15, 0.2) is 0 Å². The van der Waals surface area contributed by atoms with Gasteiger partial charge in [-0.2, -0.15) is 18.4 Å². The summed E-state index contributed by atoms with van der Waals surface area (Å²) in [6, 6.07) is 7.59. The fraction of sp³-hybridized carbons (Fsp3) is 0.333. The molecule has 0 saturated heterocycles. The Morgan fingerprint density at radius 1 is 1.33 bits per heavy atom. The van der Waals surface area contributed by atoms with Gasteiger partial charge in [-0.15, -0.1) is 0 Å². The van der Waals surface area contributed by atoms with Crippen LogP contribution in [0.25, 0.3) is 0 Å². The van der Waals surface area contributed by atoms with Gasteiger partial charge in [-0.25, -0.2) is 0 Å². The number of hydrogen-bond acceptors (Lipinski definition) is 3. The van der Waals surface area contributed by atoms with E-state index in [0.717, 1.165) is 0 Å². The molecule has 0 saturated carbocycles. The summed E-state index contributed by atoms with van der Waals surface area (Å²) in [5, 5.41) is 17.6. The van der Waals surface area contributed by atoms with E-state index in [-0.39, 0.29) is 0 Å². The van der Waals surface area contributed by atoms with E-state index < -0.39 is 30.9 Å². The lowest BCUT2D eigenvalue weighted by atomic mass is 9.93. The van der Waals surface area contributed by atoms with Crippen molar-refractivity contribution in [2.75, 3.05) is 6.61 Å². The number of rotatable bonds is 4. The van der Waals surface area contributed by atoms with Crippen LogP contribution in [0.15, 0.2) is 24.3 Å². The van der Waals surface area contributed by atoms with Gasteiger partial charge in [0.25, 0.3) is 0 Å². The van der Waals surface area contributed by atoms with Crippen molar-refractivity contribution in [1.82, 2.24) is 0 Å². The van der Waals surface area contributed by atoms with Gasteiger partial charge in [0.05, 0.1) is 18.2 Å². The molecule has 0 aliphatic rings. The van der Waals surface area contributed by atoms with Crippen LogP contribution in [0.3, 0.4) is 0 Å². The second-order valence-corrected chi connectivity index (χ2v) is 3.74. The number of hydrogen-bond donors (Lipinski definition) is 1. The number of nitrogens with zero attached hydrogens (tertiary/aromatic N) is 1. The molecule has 18 heavy (non-hydrogen) atoms. The highest BCUT2D eigenvalue weighted by Gasteiger charge is 2.39. The number of aliphatic hydroxyl groups is 1. The molecular formula is C12H10F3NO2. The SMILES string of the molecule is N#Cc1ccc([C@H](CO)CC(=O)C(F)(F)F)cc1. The summed E-state index contributed by atoms with van der Waals surface area (Å²) < 4.78 is 36.3. The highest BCUT2D eigenvalue weighted by Crippen LogP contribution is 2.26. The molecule has 96 valence electrons. The molecule has 0 unspecified atom stereocenters. The molecule has 1 aromatic carbocycles. The van der Waals surface area contributed by atoms with E-state index in [0.29, 0.717) is 11.1 Å². The Hall–Kier alpha value is -1.87. The maximum atomic E-state index is 12.1. The molecule has 0 radical (unpaired) electrons. The number of nitriles is 1. The van der Waals surface area contributed by atoms with Gasteiger partial charge < -0.3 is 5.11 Å². The third-order valence-electron chi connectivity index (χ3n) is 2.48. The van der Waals surface area contributed by atoms with Crippen LogP contribution in [0, 0.1) is 11.3 Å². The predicted octanol–water partition coefficient (Wildman–Crippen LogP) is 2.16. The Bertz CT molecular complexity index is 460. The lowest BCUT2D eigenvalue weighted by Gasteiger charge is -2.14. The summed E-state index contributed by atoms with van der Waals surface area (Å²) in [5.74, 6) is -2.78. The lowest BCUT2D eigenvalue weighted by Crippen LogP contribution is -2.25. The van der Waals surface area contributed by atoms with Crippen LogP contribution in [-0.4, -0.2) is 23.7 Å². The molecule has 0 heterocycles. The summed E-state index contributed by atoms with van der Waals surface area (Å²) in [5.41, 5.74) is 0.756. The summed E-state index contributed by atoms with van der Waals surface area (Å²) >= 11 is 0. The molecule has 0 bridgehead atoms. The second kappa shape index (κ2) is 5.65. The highest BCUT2D eigenvalue weighted by atomic mass is 19.4. The van der Waals surface area contributed by atoms with Crippen molar-refractivity contribution >= 4 is 5.78 Å². The standard InChI is InChI=1S/C12H10F3NO2/c13-12(14,15)11(18)5-10(7-17)9-3-1-8(6-16)2-4-9/h1-4,10,17H,5,7H2/t10-/m0/s1. The summed E-state index contributed by atoms with van der Waals surface area (Å²) in [4.78, 5) is 10.8. The van der Waals surface area contributed by atoms with E-state index in [1.807, 2.05) is 6.07 Å². The van der Waals surface area contributed by atoms with Crippen LogP contribution in [0.2, 0.25) is 0 Å². The molecule has 0 aromatic heterocycles. The third kappa shape index (κ3) is 3.57. The van der Waals surface area contributed by atoms with Crippen LogP contribution >= 0.6 is 0 Å².